The number of rotatable bonds is 4. The minimum absolute atomic E-state index is 0.334. The van der Waals surface area contributed by atoms with Crippen molar-refractivity contribution in [2.45, 2.75) is 6.92 Å². The van der Waals surface area contributed by atoms with Gasteiger partial charge in [-0.3, -0.25) is 9.59 Å². The molecule has 0 N–H and O–H groups in total. The number of hydrogen-bond donors (Lipinski definition) is 0. The van der Waals surface area contributed by atoms with Crippen LogP contribution in [0.15, 0.2) is 53.4 Å². The summed E-state index contributed by atoms with van der Waals surface area (Å²) < 4.78 is 5.39. The Kier molecular flexibility index (Phi) is 4.92. The molecule has 6 heteroatoms. The Morgan fingerprint density at radius 3 is 2.58 bits per heavy atom. The first-order valence-electron chi connectivity index (χ1n) is 7.35. The fourth-order valence-corrected chi connectivity index (χ4v) is 3.31. The molecule has 4 nitrogen and oxygen atoms in total. The predicted octanol–water partition coefficient (Wildman–Crippen LogP) is 4.98. The van der Waals surface area contributed by atoms with E-state index in [-0.39, 0.29) is 11.1 Å². The van der Waals surface area contributed by atoms with E-state index in [2.05, 4.69) is 0 Å². The molecule has 122 valence electrons. The number of halogens is 1. The van der Waals surface area contributed by atoms with E-state index in [0.29, 0.717) is 22.2 Å². The van der Waals surface area contributed by atoms with Gasteiger partial charge in [0, 0.05) is 5.02 Å². The predicted molar refractivity (Wildman–Crippen MR) is 97.5 cm³/mol. The standard InChI is InChI=1S/C18H14ClNO3S/c1-2-23-15-8-6-12(7-9-15)10-16-17(21)20(18(22)24-16)14-5-3-4-13(19)11-14/h3-11H,2H2,1H3/b16-10-. The number of carbonyl (C=O) groups excluding carboxylic acids is 2. The number of thioether (sulfide) groups is 1. The van der Waals surface area contributed by atoms with Crippen LogP contribution in [0.1, 0.15) is 12.5 Å². The number of benzene rings is 2. The fourth-order valence-electron chi connectivity index (χ4n) is 2.28. The molecule has 2 aromatic rings. The van der Waals surface area contributed by atoms with Gasteiger partial charge < -0.3 is 4.74 Å². The highest BCUT2D eigenvalue weighted by Gasteiger charge is 2.36. The molecule has 1 heterocycles. The third kappa shape index (κ3) is 3.47. The Morgan fingerprint density at radius 1 is 1.17 bits per heavy atom. The highest BCUT2D eigenvalue weighted by Crippen LogP contribution is 2.36. The molecule has 1 aliphatic rings. The highest BCUT2D eigenvalue weighted by molar-refractivity contribution is 8.19. The van der Waals surface area contributed by atoms with Gasteiger partial charge in [-0.05, 0) is 60.7 Å². The quantitative estimate of drug-likeness (QED) is 0.722. The molecule has 1 saturated heterocycles. The lowest BCUT2D eigenvalue weighted by molar-refractivity contribution is -0.113. The smallest absolute Gasteiger partial charge is 0.298 e. The van der Waals surface area contributed by atoms with E-state index in [1.54, 1.807) is 30.3 Å². The Balaban J connectivity index is 1.85. The SMILES string of the molecule is CCOc1ccc(/C=C2\SC(=O)N(c3cccc(Cl)c3)C2=O)cc1. The lowest BCUT2D eigenvalue weighted by atomic mass is 10.2. The van der Waals surface area contributed by atoms with Crippen molar-refractivity contribution in [3.8, 4) is 5.75 Å². The zero-order valence-electron chi connectivity index (χ0n) is 12.9. The summed E-state index contributed by atoms with van der Waals surface area (Å²) in [6.07, 6.45) is 1.70. The van der Waals surface area contributed by atoms with Gasteiger partial charge in [0.15, 0.2) is 0 Å². The normalized spacial score (nSPS) is 16.1. The van der Waals surface area contributed by atoms with E-state index in [9.17, 15) is 9.59 Å². The third-order valence-electron chi connectivity index (χ3n) is 3.35. The van der Waals surface area contributed by atoms with Gasteiger partial charge in [-0.15, -0.1) is 0 Å². The Bertz CT molecular complexity index is 817. The van der Waals surface area contributed by atoms with Gasteiger partial charge in [0.1, 0.15) is 5.75 Å². The molecule has 1 fully saturated rings. The summed E-state index contributed by atoms with van der Waals surface area (Å²) in [5.41, 5.74) is 1.30. The number of carbonyl (C=O) groups is 2. The molecule has 0 atom stereocenters. The maximum atomic E-state index is 12.5. The largest absolute Gasteiger partial charge is 0.494 e. The minimum Gasteiger partial charge on any atom is -0.494 e. The summed E-state index contributed by atoms with van der Waals surface area (Å²) in [6, 6.07) is 14.0. The number of anilines is 1. The second-order valence-electron chi connectivity index (χ2n) is 5.00. The lowest BCUT2D eigenvalue weighted by Crippen LogP contribution is -2.27. The third-order valence-corrected chi connectivity index (χ3v) is 4.45. The van der Waals surface area contributed by atoms with Crippen molar-refractivity contribution < 1.29 is 14.3 Å². The zero-order chi connectivity index (χ0) is 17.1. The van der Waals surface area contributed by atoms with Crippen LogP contribution in [0.5, 0.6) is 5.75 Å². The Labute approximate surface area is 149 Å². The average Bonchev–Trinajstić information content (AvgIpc) is 2.83. The zero-order valence-corrected chi connectivity index (χ0v) is 14.4. The van der Waals surface area contributed by atoms with E-state index in [1.165, 1.54) is 0 Å². The molecule has 1 aliphatic heterocycles. The van der Waals surface area contributed by atoms with Crippen LogP contribution < -0.4 is 9.64 Å². The number of imide groups is 1. The van der Waals surface area contributed by atoms with Crippen LogP contribution in [0.25, 0.3) is 6.08 Å². The number of amides is 2. The second-order valence-corrected chi connectivity index (χ2v) is 6.43. The van der Waals surface area contributed by atoms with Crippen molar-refractivity contribution in [2.75, 3.05) is 11.5 Å². The van der Waals surface area contributed by atoms with E-state index < -0.39 is 0 Å². The van der Waals surface area contributed by atoms with Crippen molar-refractivity contribution >= 4 is 46.3 Å². The van der Waals surface area contributed by atoms with Crippen LogP contribution in [-0.4, -0.2) is 17.8 Å². The van der Waals surface area contributed by atoms with Gasteiger partial charge in [0.25, 0.3) is 11.1 Å². The van der Waals surface area contributed by atoms with Crippen molar-refractivity contribution in [2.24, 2.45) is 0 Å². The van der Waals surface area contributed by atoms with E-state index >= 15 is 0 Å². The molecule has 2 amide bonds. The lowest BCUT2D eigenvalue weighted by Gasteiger charge is -2.12. The van der Waals surface area contributed by atoms with E-state index in [4.69, 9.17) is 16.3 Å². The molecular formula is C18H14ClNO3S. The van der Waals surface area contributed by atoms with Crippen LogP contribution >= 0.6 is 23.4 Å². The van der Waals surface area contributed by atoms with Gasteiger partial charge in [-0.25, -0.2) is 4.90 Å². The Morgan fingerprint density at radius 2 is 1.92 bits per heavy atom. The highest BCUT2D eigenvalue weighted by atomic mass is 35.5. The van der Waals surface area contributed by atoms with Crippen molar-refractivity contribution in [3.63, 3.8) is 0 Å². The van der Waals surface area contributed by atoms with Gasteiger partial charge >= 0.3 is 0 Å². The second kappa shape index (κ2) is 7.11. The Hall–Kier alpha value is -2.24. The van der Waals surface area contributed by atoms with Gasteiger partial charge in [0.05, 0.1) is 17.2 Å². The first-order valence-corrected chi connectivity index (χ1v) is 8.54. The van der Waals surface area contributed by atoms with Crippen LogP contribution in [-0.2, 0) is 4.79 Å². The summed E-state index contributed by atoms with van der Waals surface area (Å²) in [4.78, 5) is 26.3. The number of ether oxygens (including phenoxy) is 1. The van der Waals surface area contributed by atoms with E-state index in [0.717, 1.165) is 28.0 Å². The summed E-state index contributed by atoms with van der Waals surface area (Å²) in [7, 11) is 0. The van der Waals surface area contributed by atoms with Crippen molar-refractivity contribution in [3.05, 3.63) is 64.0 Å². The van der Waals surface area contributed by atoms with Crippen molar-refractivity contribution in [1.82, 2.24) is 0 Å². The number of nitrogens with zero attached hydrogens (tertiary/aromatic N) is 1. The minimum atomic E-state index is -0.346. The summed E-state index contributed by atoms with van der Waals surface area (Å²) in [6.45, 7) is 2.51. The molecule has 2 aromatic carbocycles. The van der Waals surface area contributed by atoms with Crippen LogP contribution in [0.2, 0.25) is 5.02 Å². The molecular weight excluding hydrogens is 346 g/mol. The average molecular weight is 360 g/mol. The summed E-state index contributed by atoms with van der Waals surface area (Å²) in [5, 5.41) is 0.140. The van der Waals surface area contributed by atoms with Gasteiger partial charge in [-0.2, -0.15) is 0 Å². The summed E-state index contributed by atoms with van der Waals surface area (Å²) >= 11 is 6.86. The van der Waals surface area contributed by atoms with Crippen LogP contribution in [0, 0.1) is 0 Å². The van der Waals surface area contributed by atoms with Crippen molar-refractivity contribution in [1.29, 1.82) is 0 Å². The molecule has 24 heavy (non-hydrogen) atoms. The molecule has 0 bridgehead atoms. The maximum absolute atomic E-state index is 12.5. The monoisotopic (exact) mass is 359 g/mol. The first kappa shape index (κ1) is 16.6. The molecule has 0 aliphatic carbocycles. The van der Waals surface area contributed by atoms with E-state index in [1.807, 2.05) is 31.2 Å². The molecule has 3 rings (SSSR count). The molecule has 0 unspecified atom stereocenters. The number of hydrogen-bond acceptors (Lipinski definition) is 4. The molecule has 0 aromatic heterocycles. The first-order chi connectivity index (χ1) is 11.6. The summed E-state index contributed by atoms with van der Waals surface area (Å²) in [5.74, 6) is 0.419. The fraction of sp³-hybridized carbons (Fsp3) is 0.111. The van der Waals surface area contributed by atoms with Gasteiger partial charge in [-0.1, -0.05) is 29.8 Å². The molecule has 0 radical (unpaired) electrons. The topological polar surface area (TPSA) is 46.6 Å². The van der Waals surface area contributed by atoms with Crippen LogP contribution in [0.3, 0.4) is 0 Å². The van der Waals surface area contributed by atoms with Crippen LogP contribution in [0.4, 0.5) is 10.5 Å². The molecule has 0 spiro atoms. The molecule has 0 saturated carbocycles. The van der Waals surface area contributed by atoms with Gasteiger partial charge in [0.2, 0.25) is 0 Å². The maximum Gasteiger partial charge on any atom is 0.298 e.